The third-order valence-corrected chi connectivity index (χ3v) is 11.0. The van der Waals surface area contributed by atoms with Gasteiger partial charge in [0.25, 0.3) is 0 Å². The summed E-state index contributed by atoms with van der Waals surface area (Å²) in [6, 6.07) is 13.2. The van der Waals surface area contributed by atoms with E-state index in [0.717, 1.165) is 13.4 Å². The Bertz CT molecular complexity index is 1390. The van der Waals surface area contributed by atoms with Gasteiger partial charge in [-0.3, -0.25) is 0 Å². The molecule has 194 valence electrons. The van der Waals surface area contributed by atoms with Gasteiger partial charge in [-0.25, -0.2) is 0 Å². The van der Waals surface area contributed by atoms with Gasteiger partial charge in [0.15, 0.2) is 0 Å². The molecule has 2 aromatic heterocycles. The predicted octanol–water partition coefficient (Wildman–Crippen LogP) is 7.02. The van der Waals surface area contributed by atoms with Crippen LogP contribution in [0.5, 0.6) is 11.5 Å². The zero-order chi connectivity index (χ0) is 26.9. The van der Waals surface area contributed by atoms with Crippen molar-refractivity contribution >= 4 is 53.2 Å². The Morgan fingerprint density at radius 3 is 1.54 bits per heavy atom. The predicted molar refractivity (Wildman–Crippen MR) is 140 cm³/mol. The molecule has 9 heteroatoms. The second kappa shape index (κ2) is 14.0. The van der Waals surface area contributed by atoms with Crippen LogP contribution in [0.3, 0.4) is 0 Å². The van der Waals surface area contributed by atoms with Crippen molar-refractivity contribution in [1.29, 1.82) is 0 Å². The number of halogens is 4. The molecule has 0 atom stereocenters. The number of carbonyl (C=O) groups is 1. The standard InChI is InChI=1S/C15H14F2OTe.C13H10F2O2Te/c1-3-5-10-6-9-13(19-10)11-7-8-12(18-4-2)15(17)14(11)16;1-2-17-10-5-4-9(12(14)13(10)15)11-6-3-8(7-16)18-11/h3,5-9H,4H2,1-2H3;3-7H,2H2,1H3/b5-3+;. The third-order valence-electron chi connectivity index (χ3n) is 4.93. The SMILES string of the molecule is C/C=C/c1ccc(-c2ccc(OCC)c(F)c2F)[te]1.CCOc1ccc(-c2ccc(C=O)[te]2)c(F)c1F. The monoisotopic (exact) mass is 744 g/mol. The van der Waals surface area contributed by atoms with Crippen molar-refractivity contribution in [3.8, 4) is 29.8 Å². The Morgan fingerprint density at radius 1 is 0.676 bits per heavy atom. The quantitative estimate of drug-likeness (QED) is 0.111. The number of hydrogen-bond donors (Lipinski definition) is 0. The van der Waals surface area contributed by atoms with Crippen LogP contribution in [0.15, 0.2) is 54.6 Å². The van der Waals surface area contributed by atoms with Crippen molar-refractivity contribution in [1.82, 2.24) is 0 Å². The van der Waals surface area contributed by atoms with Crippen molar-refractivity contribution in [2.45, 2.75) is 20.8 Å². The van der Waals surface area contributed by atoms with Crippen LogP contribution < -0.4 is 9.47 Å². The van der Waals surface area contributed by atoms with Gasteiger partial charge in [-0.05, 0) is 0 Å². The molecule has 0 fully saturated rings. The van der Waals surface area contributed by atoms with Gasteiger partial charge in [-0.1, -0.05) is 0 Å². The van der Waals surface area contributed by atoms with E-state index in [-0.39, 0.29) is 23.7 Å². The van der Waals surface area contributed by atoms with E-state index >= 15 is 0 Å². The molecule has 0 spiro atoms. The van der Waals surface area contributed by atoms with Crippen molar-refractivity contribution < 1.29 is 31.8 Å². The number of aldehydes is 1. The van der Waals surface area contributed by atoms with Gasteiger partial charge in [0.05, 0.1) is 0 Å². The summed E-state index contributed by atoms with van der Waals surface area (Å²) in [5, 5.41) is 0. The first-order valence-corrected chi connectivity index (χ1v) is 16.0. The molecule has 0 unspecified atom stereocenters. The van der Waals surface area contributed by atoms with Gasteiger partial charge in [-0.15, -0.1) is 0 Å². The molecule has 0 aliphatic carbocycles. The zero-order valence-corrected chi connectivity index (χ0v) is 25.0. The van der Waals surface area contributed by atoms with Crippen LogP contribution in [0.4, 0.5) is 17.6 Å². The Labute approximate surface area is 232 Å². The van der Waals surface area contributed by atoms with Crippen molar-refractivity contribution in [3.63, 3.8) is 0 Å². The van der Waals surface area contributed by atoms with E-state index in [9.17, 15) is 22.4 Å². The fourth-order valence-corrected chi connectivity index (χ4v) is 8.54. The summed E-state index contributed by atoms with van der Waals surface area (Å²) in [5.74, 6) is -3.68. The van der Waals surface area contributed by atoms with Gasteiger partial charge in [0, 0.05) is 0 Å². The Balaban J connectivity index is 0.000000206. The summed E-state index contributed by atoms with van der Waals surface area (Å²) < 4.78 is 69.0. The van der Waals surface area contributed by atoms with Gasteiger partial charge in [0.1, 0.15) is 0 Å². The van der Waals surface area contributed by atoms with E-state index in [4.69, 9.17) is 9.47 Å². The molecule has 0 saturated carbocycles. The zero-order valence-electron chi connectivity index (χ0n) is 20.3. The van der Waals surface area contributed by atoms with E-state index < -0.39 is 64.1 Å². The summed E-state index contributed by atoms with van der Waals surface area (Å²) >= 11 is -1.52. The summed E-state index contributed by atoms with van der Waals surface area (Å²) in [6.45, 7) is 5.99. The molecule has 0 aliphatic heterocycles. The Hall–Kier alpha value is -2.29. The number of hydrogen-bond acceptors (Lipinski definition) is 3. The molecule has 0 N–H and O–H groups in total. The molecule has 0 radical (unpaired) electrons. The molecule has 0 saturated heterocycles. The minimum atomic E-state index is -0.970. The number of rotatable bonds is 8. The molecule has 37 heavy (non-hydrogen) atoms. The van der Waals surface area contributed by atoms with Gasteiger partial charge in [-0.2, -0.15) is 0 Å². The van der Waals surface area contributed by atoms with Gasteiger partial charge >= 0.3 is 234 Å². The van der Waals surface area contributed by atoms with Crippen LogP contribution in [0.25, 0.3) is 24.4 Å². The summed E-state index contributed by atoms with van der Waals surface area (Å²) in [5.41, 5.74) is 0.588. The second-order valence-electron chi connectivity index (χ2n) is 7.37. The topological polar surface area (TPSA) is 35.5 Å². The van der Waals surface area contributed by atoms with E-state index in [1.165, 1.54) is 21.8 Å². The molecule has 0 aliphatic rings. The Morgan fingerprint density at radius 2 is 1.14 bits per heavy atom. The number of benzene rings is 2. The van der Waals surface area contributed by atoms with E-state index in [1.54, 1.807) is 32.0 Å². The number of allylic oxidation sites excluding steroid dienone is 1. The fraction of sp³-hybridized carbons (Fsp3) is 0.179. The maximum absolute atomic E-state index is 14.0. The van der Waals surface area contributed by atoms with Crippen molar-refractivity contribution in [3.05, 3.63) is 85.0 Å². The number of carbonyl (C=O) groups excluding carboxylic acids is 1. The summed E-state index contributed by atoms with van der Waals surface area (Å²) in [7, 11) is 0. The average molecular weight is 740 g/mol. The van der Waals surface area contributed by atoms with Gasteiger partial charge in [0.2, 0.25) is 0 Å². The van der Waals surface area contributed by atoms with Crippen LogP contribution in [0, 0.1) is 23.3 Å². The third kappa shape index (κ3) is 7.18. The molecule has 2 aromatic carbocycles. The second-order valence-corrected chi connectivity index (χ2v) is 13.7. The first kappa shape index (κ1) is 29.3. The molecule has 3 nitrogen and oxygen atoms in total. The van der Waals surface area contributed by atoms with Crippen molar-refractivity contribution in [2.24, 2.45) is 0 Å². The van der Waals surface area contributed by atoms with Crippen LogP contribution in [-0.2, 0) is 0 Å². The average Bonchev–Trinajstić information content (AvgIpc) is 3.56. The first-order chi connectivity index (χ1) is 17.8. The van der Waals surface area contributed by atoms with Crippen molar-refractivity contribution in [2.75, 3.05) is 13.2 Å². The van der Waals surface area contributed by atoms with Crippen LogP contribution in [0.1, 0.15) is 32.7 Å². The Kier molecular flexibility index (Phi) is 11.1. The van der Waals surface area contributed by atoms with E-state index in [2.05, 4.69) is 0 Å². The molecule has 0 amide bonds. The summed E-state index contributed by atoms with van der Waals surface area (Å²) in [6.07, 6.45) is 4.76. The maximum atomic E-state index is 14.0. The fourth-order valence-electron chi connectivity index (χ4n) is 3.29. The minimum absolute atomic E-state index is 0.0235. The van der Waals surface area contributed by atoms with Crippen LogP contribution in [-0.4, -0.2) is 60.4 Å². The van der Waals surface area contributed by atoms with Crippen LogP contribution >= 0.6 is 0 Å². The van der Waals surface area contributed by atoms with E-state index in [1.807, 2.05) is 31.2 Å². The molecule has 4 rings (SSSR count). The molecule has 0 bridgehead atoms. The molecular formula is C28H24F4O3Te2. The summed E-state index contributed by atoms with van der Waals surface area (Å²) in [4.78, 5) is 10.6. The van der Waals surface area contributed by atoms with E-state index in [0.29, 0.717) is 15.7 Å². The molecule has 4 aromatic rings. The number of ether oxygens (including phenoxy) is 2. The van der Waals surface area contributed by atoms with Crippen LogP contribution in [0.2, 0.25) is 0 Å². The molecular weight excluding hydrogens is 715 g/mol. The van der Waals surface area contributed by atoms with Gasteiger partial charge < -0.3 is 0 Å². The first-order valence-electron chi connectivity index (χ1n) is 11.3. The normalized spacial score (nSPS) is 10.8. The molecule has 2 heterocycles.